The Bertz CT molecular complexity index is 771. The van der Waals surface area contributed by atoms with E-state index in [9.17, 15) is 9.59 Å². The molecule has 4 aliphatic carbocycles. The Hall–Kier alpha value is -0.650. The van der Waals surface area contributed by atoms with Crippen LogP contribution in [0.4, 0.5) is 0 Å². The molecule has 142 valence electrons. The summed E-state index contributed by atoms with van der Waals surface area (Å²) in [6.07, 6.45) is 13.1. The Kier molecular flexibility index (Phi) is 5.20. The minimum absolute atomic E-state index is 0.306. The van der Waals surface area contributed by atoms with Crippen molar-refractivity contribution in [3.8, 4) is 0 Å². The van der Waals surface area contributed by atoms with Crippen LogP contribution in [0.3, 0.4) is 0 Å². The van der Waals surface area contributed by atoms with Gasteiger partial charge in [-0.05, 0) is 110 Å². The molecule has 0 aromatic rings. The topological polar surface area (TPSA) is 34.1 Å². The SMILES string of the molecule is O=C1C(=C2CCCC2)CC/C1=C1\SS/C(=C2\CCC(=C3CCCC3)C2=O)S1. The largest absolute Gasteiger partial charge is 0.289 e. The highest BCUT2D eigenvalue weighted by molar-refractivity contribution is 8.86. The molecule has 1 aliphatic heterocycles. The molecule has 5 fully saturated rings. The van der Waals surface area contributed by atoms with E-state index in [-0.39, 0.29) is 0 Å². The van der Waals surface area contributed by atoms with Gasteiger partial charge >= 0.3 is 0 Å². The zero-order chi connectivity index (χ0) is 18.4. The number of carbonyl (C=O) groups excluding carboxylic acids is 2. The van der Waals surface area contributed by atoms with Crippen LogP contribution in [0.15, 0.2) is 41.9 Å². The van der Waals surface area contributed by atoms with Gasteiger partial charge in [0, 0.05) is 11.1 Å². The van der Waals surface area contributed by atoms with E-state index >= 15 is 0 Å². The average molecular weight is 417 g/mol. The highest BCUT2D eigenvalue weighted by Crippen LogP contribution is 2.61. The lowest BCUT2D eigenvalue weighted by Crippen LogP contribution is -2.00. The van der Waals surface area contributed by atoms with Crippen molar-refractivity contribution in [2.75, 3.05) is 0 Å². The summed E-state index contributed by atoms with van der Waals surface area (Å²) in [7, 11) is 3.42. The van der Waals surface area contributed by atoms with E-state index in [2.05, 4.69) is 0 Å². The third-order valence-corrected chi connectivity index (χ3v) is 11.1. The van der Waals surface area contributed by atoms with E-state index in [1.807, 2.05) is 0 Å². The van der Waals surface area contributed by atoms with E-state index < -0.39 is 0 Å². The highest BCUT2D eigenvalue weighted by atomic mass is 33.1. The molecule has 0 N–H and O–H groups in total. The molecule has 5 rings (SSSR count). The fraction of sp³-hybridized carbons (Fsp3) is 0.545. The van der Waals surface area contributed by atoms with Gasteiger partial charge in [0.25, 0.3) is 0 Å². The van der Waals surface area contributed by atoms with Crippen LogP contribution in [-0.4, -0.2) is 11.6 Å². The molecule has 5 aliphatic rings. The van der Waals surface area contributed by atoms with Crippen LogP contribution in [0.2, 0.25) is 0 Å². The Morgan fingerprint density at radius 1 is 0.481 bits per heavy atom. The Morgan fingerprint density at radius 2 is 0.852 bits per heavy atom. The van der Waals surface area contributed by atoms with Crippen LogP contribution in [-0.2, 0) is 9.59 Å². The number of Topliss-reactive ketones (excluding diaryl/α,β-unsaturated/α-hetero) is 2. The Balaban J connectivity index is 1.39. The normalized spacial score (nSPS) is 32.1. The van der Waals surface area contributed by atoms with Crippen molar-refractivity contribution in [3.05, 3.63) is 41.9 Å². The van der Waals surface area contributed by atoms with Gasteiger partial charge in [0.1, 0.15) is 0 Å². The number of thioether (sulfide) groups is 1. The molecule has 0 aromatic carbocycles. The number of allylic oxidation sites excluding steroid dienone is 6. The first-order chi connectivity index (χ1) is 13.2. The van der Waals surface area contributed by atoms with Crippen LogP contribution in [0.5, 0.6) is 0 Å². The molecular weight excluding hydrogens is 392 g/mol. The van der Waals surface area contributed by atoms with Gasteiger partial charge < -0.3 is 0 Å². The molecule has 1 heterocycles. The maximum Gasteiger partial charge on any atom is 0.186 e. The second kappa shape index (κ2) is 7.64. The van der Waals surface area contributed by atoms with Gasteiger partial charge in [-0.15, -0.1) is 0 Å². The van der Waals surface area contributed by atoms with Crippen molar-refractivity contribution in [2.24, 2.45) is 0 Å². The zero-order valence-corrected chi connectivity index (χ0v) is 18.0. The first-order valence-corrected chi connectivity index (χ1v) is 13.2. The molecule has 0 bridgehead atoms. The van der Waals surface area contributed by atoms with Crippen LogP contribution in [0, 0.1) is 0 Å². The summed E-state index contributed by atoms with van der Waals surface area (Å²) in [4.78, 5) is 25.9. The number of carbonyl (C=O) groups is 2. The van der Waals surface area contributed by atoms with E-state index in [1.54, 1.807) is 33.3 Å². The molecule has 0 unspecified atom stereocenters. The van der Waals surface area contributed by atoms with Crippen LogP contribution < -0.4 is 0 Å². The minimum Gasteiger partial charge on any atom is -0.289 e. The average Bonchev–Trinajstić information content (AvgIpc) is 3.46. The molecule has 5 heteroatoms. The fourth-order valence-electron chi connectivity index (χ4n) is 5.01. The molecule has 1 saturated heterocycles. The van der Waals surface area contributed by atoms with E-state index in [0.717, 1.165) is 82.1 Å². The molecule has 0 aromatic heterocycles. The molecule has 0 spiro atoms. The minimum atomic E-state index is 0.306. The number of hydrogen-bond acceptors (Lipinski definition) is 5. The van der Waals surface area contributed by atoms with Gasteiger partial charge in [0.05, 0.1) is 8.47 Å². The Morgan fingerprint density at radius 3 is 1.26 bits per heavy atom. The lowest BCUT2D eigenvalue weighted by atomic mass is 10.0. The maximum absolute atomic E-state index is 13.0. The van der Waals surface area contributed by atoms with Gasteiger partial charge in [0.15, 0.2) is 11.6 Å². The van der Waals surface area contributed by atoms with Crippen molar-refractivity contribution < 1.29 is 9.59 Å². The van der Waals surface area contributed by atoms with Gasteiger partial charge in [-0.1, -0.05) is 22.9 Å². The molecule has 2 nitrogen and oxygen atoms in total. The predicted molar refractivity (Wildman–Crippen MR) is 116 cm³/mol. The fourth-order valence-corrected chi connectivity index (χ4v) is 9.77. The van der Waals surface area contributed by atoms with Crippen LogP contribution in [0.1, 0.15) is 77.0 Å². The first kappa shape index (κ1) is 18.4. The summed E-state index contributed by atoms with van der Waals surface area (Å²) in [5.41, 5.74) is 7.12. The molecule has 27 heavy (non-hydrogen) atoms. The predicted octanol–water partition coefficient (Wildman–Crippen LogP) is 7.00. The van der Waals surface area contributed by atoms with Crippen molar-refractivity contribution in [3.63, 3.8) is 0 Å². The third kappa shape index (κ3) is 3.34. The van der Waals surface area contributed by atoms with Gasteiger partial charge in [-0.3, -0.25) is 9.59 Å². The number of rotatable bonds is 0. The van der Waals surface area contributed by atoms with Crippen molar-refractivity contribution in [2.45, 2.75) is 77.0 Å². The first-order valence-electron chi connectivity index (χ1n) is 10.2. The van der Waals surface area contributed by atoms with Crippen LogP contribution in [0.25, 0.3) is 0 Å². The number of ketones is 2. The molecule has 0 radical (unpaired) electrons. The van der Waals surface area contributed by atoms with Crippen molar-refractivity contribution in [1.29, 1.82) is 0 Å². The second-order valence-corrected chi connectivity index (χ2v) is 11.7. The smallest absolute Gasteiger partial charge is 0.186 e. The second-order valence-electron chi connectivity index (χ2n) is 8.04. The zero-order valence-electron chi connectivity index (χ0n) is 15.5. The van der Waals surface area contributed by atoms with Crippen molar-refractivity contribution in [1.82, 2.24) is 0 Å². The molecule has 0 atom stereocenters. The maximum atomic E-state index is 13.0. The standard InChI is InChI=1S/C22H24O2S3/c23-19-15(13-5-1-2-6-13)9-11-17(19)21-25-22(27-26-21)18-12-10-16(20(18)24)14-7-3-4-8-14/h1-12H2/b21-17+,22-18+. The van der Waals surface area contributed by atoms with Gasteiger partial charge in [0.2, 0.25) is 0 Å². The summed E-state index contributed by atoms with van der Waals surface area (Å²) in [6.45, 7) is 0. The summed E-state index contributed by atoms with van der Waals surface area (Å²) < 4.78 is 2.30. The van der Waals surface area contributed by atoms with Crippen LogP contribution >= 0.6 is 33.3 Å². The number of hydrogen-bond donors (Lipinski definition) is 0. The third-order valence-electron chi connectivity index (χ3n) is 6.49. The van der Waals surface area contributed by atoms with E-state index in [1.165, 1.54) is 36.8 Å². The van der Waals surface area contributed by atoms with Crippen molar-refractivity contribution >= 4 is 44.9 Å². The molecular formula is C22H24O2S3. The summed E-state index contributed by atoms with van der Waals surface area (Å²) in [6, 6.07) is 0. The lowest BCUT2D eigenvalue weighted by Gasteiger charge is -2.03. The monoisotopic (exact) mass is 416 g/mol. The van der Waals surface area contributed by atoms with E-state index in [4.69, 9.17) is 0 Å². The van der Waals surface area contributed by atoms with E-state index in [0.29, 0.717) is 11.6 Å². The molecule has 0 amide bonds. The quantitative estimate of drug-likeness (QED) is 0.313. The molecule has 4 saturated carbocycles. The Labute approximate surface area is 173 Å². The summed E-state index contributed by atoms with van der Waals surface area (Å²) in [5, 5.41) is 0. The summed E-state index contributed by atoms with van der Waals surface area (Å²) in [5.74, 6) is 0.612. The van der Waals surface area contributed by atoms with Gasteiger partial charge in [-0.25, -0.2) is 0 Å². The lowest BCUT2D eigenvalue weighted by molar-refractivity contribution is -0.112. The highest BCUT2D eigenvalue weighted by Gasteiger charge is 2.36. The summed E-state index contributed by atoms with van der Waals surface area (Å²) >= 11 is 1.70. The van der Waals surface area contributed by atoms with Gasteiger partial charge in [-0.2, -0.15) is 0 Å².